The van der Waals surface area contributed by atoms with Crippen molar-refractivity contribution >= 4 is 46.2 Å². The SMILES string of the molecule is CC(C)[C@@H](Sc1nc2ccccc2c(=O)n1-c1ccc(F)c(Cl)c1)C(=O)NC(N)=O. The molecule has 0 saturated carbocycles. The molecule has 0 aliphatic carbocycles. The number of carbonyl (C=O) groups excluding carboxylic acids is 2. The minimum Gasteiger partial charge on any atom is -0.351 e. The van der Waals surface area contributed by atoms with Crippen LogP contribution in [0, 0.1) is 11.7 Å². The van der Waals surface area contributed by atoms with Crippen molar-refractivity contribution in [3.8, 4) is 5.69 Å². The number of para-hydroxylation sites is 1. The molecule has 0 spiro atoms. The molecule has 2 aromatic carbocycles. The Morgan fingerprint density at radius 2 is 1.93 bits per heavy atom. The average molecular weight is 449 g/mol. The summed E-state index contributed by atoms with van der Waals surface area (Å²) in [6.07, 6.45) is 0. The molecule has 0 aliphatic heterocycles. The number of aromatic nitrogens is 2. The second kappa shape index (κ2) is 8.85. The number of nitrogens with one attached hydrogen (secondary N) is 1. The Bertz CT molecular complexity index is 1200. The van der Waals surface area contributed by atoms with Crippen molar-refractivity contribution in [3.05, 3.63) is 63.7 Å². The number of imide groups is 1. The minimum atomic E-state index is -0.972. The highest BCUT2D eigenvalue weighted by molar-refractivity contribution is 8.00. The maximum absolute atomic E-state index is 13.7. The lowest BCUT2D eigenvalue weighted by molar-refractivity contribution is -0.120. The smallest absolute Gasteiger partial charge is 0.318 e. The molecule has 1 atom stereocenters. The van der Waals surface area contributed by atoms with E-state index in [-0.39, 0.29) is 16.1 Å². The number of hydrogen-bond acceptors (Lipinski definition) is 5. The Kier molecular flexibility index (Phi) is 6.42. The fourth-order valence-corrected chi connectivity index (χ4v) is 4.13. The summed E-state index contributed by atoms with van der Waals surface area (Å²) in [5.41, 5.74) is 5.41. The summed E-state index contributed by atoms with van der Waals surface area (Å²) in [5, 5.41) is 1.68. The molecule has 3 aromatic rings. The van der Waals surface area contributed by atoms with Crippen LogP contribution in [-0.4, -0.2) is 26.7 Å². The van der Waals surface area contributed by atoms with Gasteiger partial charge >= 0.3 is 6.03 Å². The highest BCUT2D eigenvalue weighted by Gasteiger charge is 2.27. The molecule has 7 nitrogen and oxygen atoms in total. The molecule has 0 fully saturated rings. The molecule has 0 aliphatic rings. The fraction of sp³-hybridized carbons (Fsp3) is 0.200. The molecule has 156 valence electrons. The number of amides is 3. The van der Waals surface area contributed by atoms with Crippen molar-refractivity contribution < 1.29 is 14.0 Å². The van der Waals surface area contributed by atoms with E-state index in [1.54, 1.807) is 38.1 Å². The molecular formula is C20H18ClFN4O3S. The summed E-state index contributed by atoms with van der Waals surface area (Å²) < 4.78 is 14.9. The van der Waals surface area contributed by atoms with Crippen LogP contribution in [0.2, 0.25) is 5.02 Å². The van der Waals surface area contributed by atoms with Crippen molar-refractivity contribution in [3.63, 3.8) is 0 Å². The van der Waals surface area contributed by atoms with E-state index in [0.717, 1.165) is 17.8 Å². The van der Waals surface area contributed by atoms with Crippen molar-refractivity contribution in [2.24, 2.45) is 11.7 Å². The van der Waals surface area contributed by atoms with Gasteiger partial charge in [-0.25, -0.2) is 14.2 Å². The van der Waals surface area contributed by atoms with Crippen LogP contribution < -0.4 is 16.6 Å². The van der Waals surface area contributed by atoms with Gasteiger partial charge in [-0.15, -0.1) is 0 Å². The van der Waals surface area contributed by atoms with E-state index in [9.17, 15) is 18.8 Å². The van der Waals surface area contributed by atoms with Gasteiger partial charge in [0, 0.05) is 0 Å². The van der Waals surface area contributed by atoms with Crippen molar-refractivity contribution in [2.75, 3.05) is 0 Å². The van der Waals surface area contributed by atoms with Gasteiger partial charge in [-0.1, -0.05) is 49.3 Å². The third kappa shape index (κ3) is 4.47. The molecule has 1 aromatic heterocycles. The highest BCUT2D eigenvalue weighted by atomic mass is 35.5. The number of benzene rings is 2. The summed E-state index contributed by atoms with van der Waals surface area (Å²) in [4.78, 5) is 41.4. The molecular weight excluding hydrogens is 431 g/mol. The van der Waals surface area contributed by atoms with Gasteiger partial charge in [-0.2, -0.15) is 0 Å². The highest BCUT2D eigenvalue weighted by Crippen LogP contribution is 2.30. The van der Waals surface area contributed by atoms with Crippen LogP contribution in [0.3, 0.4) is 0 Å². The lowest BCUT2D eigenvalue weighted by atomic mass is 10.1. The Balaban J connectivity index is 2.21. The number of nitrogens with zero attached hydrogens (tertiary/aromatic N) is 2. The van der Waals surface area contributed by atoms with E-state index >= 15 is 0 Å². The molecule has 3 amide bonds. The number of primary amides is 1. The van der Waals surface area contributed by atoms with E-state index in [1.165, 1.54) is 16.7 Å². The fourth-order valence-electron chi connectivity index (χ4n) is 2.84. The number of nitrogens with two attached hydrogens (primary N) is 1. The number of carbonyl (C=O) groups is 2. The first kappa shape index (κ1) is 21.8. The van der Waals surface area contributed by atoms with E-state index in [1.807, 2.05) is 0 Å². The Hall–Kier alpha value is -2.91. The summed E-state index contributed by atoms with van der Waals surface area (Å²) in [6.45, 7) is 3.58. The molecule has 3 rings (SSSR count). The summed E-state index contributed by atoms with van der Waals surface area (Å²) in [6, 6.07) is 9.63. The third-order valence-corrected chi connectivity index (χ3v) is 6.04. The number of urea groups is 1. The van der Waals surface area contributed by atoms with Crippen molar-refractivity contribution in [1.29, 1.82) is 0 Å². The Morgan fingerprint density at radius 3 is 2.57 bits per heavy atom. The van der Waals surface area contributed by atoms with Crippen molar-refractivity contribution in [1.82, 2.24) is 14.9 Å². The molecule has 10 heteroatoms. The van der Waals surface area contributed by atoms with Gasteiger partial charge in [0.1, 0.15) is 5.82 Å². The van der Waals surface area contributed by atoms with Gasteiger partial charge in [-0.3, -0.25) is 19.5 Å². The van der Waals surface area contributed by atoms with Crippen LogP contribution >= 0.6 is 23.4 Å². The van der Waals surface area contributed by atoms with Crippen LogP contribution in [-0.2, 0) is 4.79 Å². The number of hydrogen-bond donors (Lipinski definition) is 2. The standard InChI is InChI=1S/C20H18ClFN4O3S/c1-10(2)16(17(27)25-19(23)29)30-20-24-15-6-4-3-5-12(15)18(28)26(20)11-7-8-14(22)13(21)9-11/h3-10,16H,1-2H3,(H3,23,25,27,29)/t16-/m1/s1. The molecule has 1 heterocycles. The monoisotopic (exact) mass is 448 g/mol. The zero-order valence-electron chi connectivity index (χ0n) is 16.1. The molecule has 30 heavy (non-hydrogen) atoms. The topological polar surface area (TPSA) is 107 Å². The maximum atomic E-state index is 13.7. The van der Waals surface area contributed by atoms with Crippen LogP contribution in [0.15, 0.2) is 52.4 Å². The van der Waals surface area contributed by atoms with Gasteiger partial charge < -0.3 is 5.73 Å². The number of halogens is 2. The van der Waals surface area contributed by atoms with Gasteiger partial charge in [0.15, 0.2) is 5.16 Å². The third-order valence-electron chi connectivity index (χ3n) is 4.25. The Labute approximate surface area is 180 Å². The zero-order chi connectivity index (χ0) is 22.0. The first-order chi connectivity index (χ1) is 14.2. The average Bonchev–Trinajstić information content (AvgIpc) is 2.67. The van der Waals surface area contributed by atoms with Gasteiger partial charge in [0.2, 0.25) is 5.91 Å². The Morgan fingerprint density at radius 1 is 1.23 bits per heavy atom. The summed E-state index contributed by atoms with van der Waals surface area (Å²) in [7, 11) is 0. The van der Waals surface area contributed by atoms with Gasteiger partial charge in [0.05, 0.1) is 26.9 Å². The number of thioether (sulfide) groups is 1. The largest absolute Gasteiger partial charge is 0.351 e. The normalized spacial score (nSPS) is 12.2. The van der Waals surface area contributed by atoms with E-state index in [4.69, 9.17) is 17.3 Å². The molecule has 0 unspecified atom stereocenters. The quantitative estimate of drug-likeness (QED) is 0.459. The molecule has 3 N–H and O–H groups in total. The van der Waals surface area contributed by atoms with Crippen LogP contribution in [0.25, 0.3) is 16.6 Å². The molecule has 0 saturated heterocycles. The number of rotatable bonds is 5. The first-order valence-corrected chi connectivity index (χ1v) is 10.2. The summed E-state index contributed by atoms with van der Waals surface area (Å²) in [5.74, 6) is -1.45. The zero-order valence-corrected chi connectivity index (χ0v) is 17.6. The predicted molar refractivity (Wildman–Crippen MR) is 115 cm³/mol. The van der Waals surface area contributed by atoms with Gasteiger partial charge in [-0.05, 0) is 36.2 Å². The minimum absolute atomic E-state index is 0.157. The van der Waals surface area contributed by atoms with E-state index in [2.05, 4.69) is 10.3 Å². The van der Waals surface area contributed by atoms with Crippen LogP contribution in [0.5, 0.6) is 0 Å². The van der Waals surface area contributed by atoms with Crippen LogP contribution in [0.1, 0.15) is 13.8 Å². The van der Waals surface area contributed by atoms with E-state index in [0.29, 0.717) is 16.6 Å². The summed E-state index contributed by atoms with van der Waals surface area (Å²) >= 11 is 6.92. The second-order valence-corrected chi connectivity index (χ2v) is 8.30. The first-order valence-electron chi connectivity index (χ1n) is 8.93. The van der Waals surface area contributed by atoms with Crippen molar-refractivity contribution in [2.45, 2.75) is 24.3 Å². The van der Waals surface area contributed by atoms with Gasteiger partial charge in [0.25, 0.3) is 5.56 Å². The second-order valence-electron chi connectivity index (χ2n) is 6.79. The number of fused-ring (bicyclic) bond motifs is 1. The van der Waals surface area contributed by atoms with E-state index < -0.39 is 28.6 Å². The molecule has 0 radical (unpaired) electrons. The predicted octanol–water partition coefficient (Wildman–Crippen LogP) is 3.49. The lowest BCUT2D eigenvalue weighted by Crippen LogP contribution is -2.42. The lowest BCUT2D eigenvalue weighted by Gasteiger charge is -2.21. The van der Waals surface area contributed by atoms with Crippen LogP contribution in [0.4, 0.5) is 9.18 Å². The maximum Gasteiger partial charge on any atom is 0.318 e. The molecule has 0 bridgehead atoms.